The van der Waals surface area contributed by atoms with Crippen LogP contribution in [-0.2, 0) is 6.54 Å². The van der Waals surface area contributed by atoms with E-state index in [0.29, 0.717) is 11.3 Å². The second-order valence-electron chi connectivity index (χ2n) is 6.86. The van der Waals surface area contributed by atoms with E-state index in [1.807, 2.05) is 10.9 Å². The Labute approximate surface area is 117 Å². The van der Waals surface area contributed by atoms with Crippen LogP contribution in [-0.4, -0.2) is 9.78 Å². The number of nitrogens with two attached hydrogens (primary N) is 1. The summed E-state index contributed by atoms with van der Waals surface area (Å²) in [6.07, 6.45) is 7.39. The topological polar surface area (TPSA) is 55.9 Å². The smallest absolute Gasteiger partial charge is 0.0538 e. The highest BCUT2D eigenvalue weighted by Gasteiger charge is 2.20. The van der Waals surface area contributed by atoms with Crippen LogP contribution < -0.4 is 11.3 Å². The molecule has 1 rings (SSSR count). The highest BCUT2D eigenvalue weighted by Crippen LogP contribution is 2.30. The SMILES string of the molecule is CCCn1cc(C(CC(C)CC(C)(C)C)NN)cn1. The highest BCUT2D eigenvalue weighted by molar-refractivity contribution is 5.10. The molecule has 19 heavy (non-hydrogen) atoms. The molecule has 0 aliphatic rings. The third-order valence-electron chi connectivity index (χ3n) is 3.31. The van der Waals surface area contributed by atoms with Gasteiger partial charge in [0.15, 0.2) is 0 Å². The molecule has 0 spiro atoms. The Bertz CT molecular complexity index is 364. The van der Waals surface area contributed by atoms with Crippen LogP contribution in [0.3, 0.4) is 0 Å². The lowest BCUT2D eigenvalue weighted by Crippen LogP contribution is -2.29. The molecule has 1 aromatic rings. The van der Waals surface area contributed by atoms with E-state index in [9.17, 15) is 0 Å². The van der Waals surface area contributed by atoms with Gasteiger partial charge in [0.1, 0.15) is 0 Å². The molecule has 4 nitrogen and oxygen atoms in total. The third-order valence-corrected chi connectivity index (χ3v) is 3.31. The van der Waals surface area contributed by atoms with Gasteiger partial charge in [-0.05, 0) is 30.6 Å². The van der Waals surface area contributed by atoms with Crippen LogP contribution in [0.4, 0.5) is 0 Å². The van der Waals surface area contributed by atoms with E-state index >= 15 is 0 Å². The van der Waals surface area contributed by atoms with Crippen molar-refractivity contribution in [3.8, 4) is 0 Å². The molecule has 3 N–H and O–H groups in total. The third kappa shape index (κ3) is 5.74. The Balaban J connectivity index is 2.61. The first kappa shape index (κ1) is 16.2. The molecule has 2 atom stereocenters. The minimum Gasteiger partial charge on any atom is -0.272 e. The second-order valence-corrected chi connectivity index (χ2v) is 6.86. The molecule has 1 heterocycles. The minimum atomic E-state index is 0.197. The first-order valence-electron chi connectivity index (χ1n) is 7.34. The van der Waals surface area contributed by atoms with Gasteiger partial charge < -0.3 is 0 Å². The van der Waals surface area contributed by atoms with Gasteiger partial charge in [-0.15, -0.1) is 0 Å². The van der Waals surface area contributed by atoms with Crippen molar-refractivity contribution >= 4 is 0 Å². The highest BCUT2D eigenvalue weighted by atomic mass is 15.3. The first-order chi connectivity index (χ1) is 8.85. The van der Waals surface area contributed by atoms with E-state index in [2.05, 4.69) is 51.3 Å². The Morgan fingerprint density at radius 1 is 1.42 bits per heavy atom. The van der Waals surface area contributed by atoms with Gasteiger partial charge >= 0.3 is 0 Å². The Morgan fingerprint density at radius 2 is 2.11 bits per heavy atom. The van der Waals surface area contributed by atoms with Crippen LogP contribution >= 0.6 is 0 Å². The minimum absolute atomic E-state index is 0.197. The van der Waals surface area contributed by atoms with Gasteiger partial charge in [0, 0.05) is 24.3 Å². The quantitative estimate of drug-likeness (QED) is 0.588. The molecular weight excluding hydrogens is 236 g/mol. The van der Waals surface area contributed by atoms with Gasteiger partial charge in [-0.25, -0.2) is 0 Å². The summed E-state index contributed by atoms with van der Waals surface area (Å²) < 4.78 is 1.99. The van der Waals surface area contributed by atoms with E-state index in [4.69, 9.17) is 5.84 Å². The Morgan fingerprint density at radius 3 is 2.63 bits per heavy atom. The van der Waals surface area contributed by atoms with Crippen LogP contribution in [0, 0.1) is 11.3 Å². The monoisotopic (exact) mass is 266 g/mol. The molecular formula is C15H30N4. The van der Waals surface area contributed by atoms with Crippen LogP contribution in [0.2, 0.25) is 0 Å². The number of rotatable bonds is 7. The number of aryl methyl sites for hydroxylation is 1. The van der Waals surface area contributed by atoms with E-state index < -0.39 is 0 Å². The lowest BCUT2D eigenvalue weighted by Gasteiger charge is -2.26. The fraction of sp³-hybridized carbons (Fsp3) is 0.800. The maximum atomic E-state index is 5.71. The maximum Gasteiger partial charge on any atom is 0.0538 e. The predicted molar refractivity (Wildman–Crippen MR) is 80.4 cm³/mol. The van der Waals surface area contributed by atoms with Crippen molar-refractivity contribution < 1.29 is 0 Å². The van der Waals surface area contributed by atoms with Gasteiger partial charge in [0.25, 0.3) is 0 Å². The molecule has 0 fully saturated rings. The second kappa shape index (κ2) is 7.06. The standard InChI is InChI=1S/C15H30N4/c1-6-7-19-11-13(10-17-19)14(18-16)8-12(2)9-15(3,4)5/h10-12,14,18H,6-9,16H2,1-5H3. The fourth-order valence-corrected chi connectivity index (χ4v) is 2.74. The average Bonchev–Trinajstić information content (AvgIpc) is 2.72. The lowest BCUT2D eigenvalue weighted by atomic mass is 9.82. The molecule has 0 aliphatic heterocycles. The maximum absolute atomic E-state index is 5.71. The summed E-state index contributed by atoms with van der Waals surface area (Å²) in [5.74, 6) is 6.35. The zero-order chi connectivity index (χ0) is 14.5. The summed E-state index contributed by atoms with van der Waals surface area (Å²) in [5, 5.41) is 4.38. The molecule has 0 aromatic carbocycles. The van der Waals surface area contributed by atoms with E-state index in [1.165, 1.54) is 12.0 Å². The average molecular weight is 266 g/mol. The molecule has 0 bridgehead atoms. The van der Waals surface area contributed by atoms with Crippen LogP contribution in [0.5, 0.6) is 0 Å². The number of hydrogen-bond acceptors (Lipinski definition) is 3. The molecule has 4 heteroatoms. The predicted octanol–water partition coefficient (Wildman–Crippen LogP) is 3.26. The summed E-state index contributed by atoms with van der Waals surface area (Å²) in [6, 6.07) is 0.197. The number of aromatic nitrogens is 2. The first-order valence-corrected chi connectivity index (χ1v) is 7.34. The number of hydrazine groups is 1. The summed E-state index contributed by atoms with van der Waals surface area (Å²) in [5.41, 5.74) is 4.49. The zero-order valence-corrected chi connectivity index (χ0v) is 13.1. The Hall–Kier alpha value is -0.870. The Kier molecular flexibility index (Phi) is 6.01. The summed E-state index contributed by atoms with van der Waals surface area (Å²) >= 11 is 0. The zero-order valence-electron chi connectivity index (χ0n) is 13.1. The number of nitrogens with one attached hydrogen (secondary N) is 1. The normalized spacial score (nSPS) is 15.5. The van der Waals surface area contributed by atoms with Crippen molar-refractivity contribution in [2.24, 2.45) is 17.2 Å². The van der Waals surface area contributed by atoms with Crippen molar-refractivity contribution in [2.45, 2.75) is 66.5 Å². The van der Waals surface area contributed by atoms with Crippen LogP contribution in [0.25, 0.3) is 0 Å². The van der Waals surface area contributed by atoms with Crippen molar-refractivity contribution in [3.05, 3.63) is 18.0 Å². The summed E-state index contributed by atoms with van der Waals surface area (Å²) in [7, 11) is 0. The molecule has 1 aromatic heterocycles. The molecule has 2 unspecified atom stereocenters. The van der Waals surface area contributed by atoms with Crippen molar-refractivity contribution in [1.29, 1.82) is 0 Å². The molecule has 0 aliphatic carbocycles. The summed E-state index contributed by atoms with van der Waals surface area (Å²) in [4.78, 5) is 0. The van der Waals surface area contributed by atoms with Gasteiger partial charge in [-0.1, -0.05) is 34.6 Å². The lowest BCUT2D eigenvalue weighted by molar-refractivity contribution is 0.276. The molecule has 0 radical (unpaired) electrons. The van der Waals surface area contributed by atoms with Gasteiger partial charge in [0.05, 0.1) is 6.20 Å². The number of hydrogen-bond donors (Lipinski definition) is 2. The van der Waals surface area contributed by atoms with Crippen LogP contribution in [0.1, 0.15) is 65.5 Å². The van der Waals surface area contributed by atoms with E-state index in [0.717, 1.165) is 19.4 Å². The van der Waals surface area contributed by atoms with E-state index in [1.54, 1.807) is 0 Å². The molecule has 0 saturated heterocycles. The fourth-order valence-electron chi connectivity index (χ4n) is 2.74. The van der Waals surface area contributed by atoms with Crippen LogP contribution in [0.15, 0.2) is 12.4 Å². The number of nitrogens with zero attached hydrogens (tertiary/aromatic N) is 2. The molecule has 0 saturated carbocycles. The summed E-state index contributed by atoms with van der Waals surface area (Å²) in [6.45, 7) is 12.3. The van der Waals surface area contributed by atoms with Gasteiger partial charge in [-0.3, -0.25) is 16.0 Å². The van der Waals surface area contributed by atoms with Gasteiger partial charge in [-0.2, -0.15) is 5.10 Å². The van der Waals surface area contributed by atoms with Crippen molar-refractivity contribution in [2.75, 3.05) is 0 Å². The van der Waals surface area contributed by atoms with Gasteiger partial charge in [0.2, 0.25) is 0 Å². The van der Waals surface area contributed by atoms with Crippen molar-refractivity contribution in [3.63, 3.8) is 0 Å². The van der Waals surface area contributed by atoms with Crippen molar-refractivity contribution in [1.82, 2.24) is 15.2 Å². The molecule has 110 valence electrons. The largest absolute Gasteiger partial charge is 0.272 e. The van der Waals surface area contributed by atoms with E-state index in [-0.39, 0.29) is 6.04 Å². The molecule has 0 amide bonds.